The summed E-state index contributed by atoms with van der Waals surface area (Å²) in [5.74, 6) is 0.761. The van der Waals surface area contributed by atoms with Crippen LogP contribution >= 0.6 is 0 Å². The monoisotopic (exact) mass is 831 g/mol. The fraction of sp³-hybridized carbons (Fsp3) is 0. The molecule has 0 bridgehead atoms. The van der Waals surface area contributed by atoms with Crippen LogP contribution in [0.4, 0.5) is 0 Å². The number of nitrogens with one attached hydrogen (secondary N) is 2. The maximum atomic E-state index is 9.02. The number of aromatic nitrogens is 2. The molecule has 0 aliphatic carbocycles. The first-order valence-electron chi connectivity index (χ1n) is 22.0. The van der Waals surface area contributed by atoms with Gasteiger partial charge in [-0.3, -0.25) is 15.5 Å². The number of amidine groups is 2. The first-order chi connectivity index (χ1) is 32.1. The van der Waals surface area contributed by atoms with E-state index in [1.807, 2.05) is 60.7 Å². The first kappa shape index (κ1) is 37.9. The lowest BCUT2D eigenvalue weighted by atomic mass is 9.98. The van der Waals surface area contributed by atoms with Gasteiger partial charge in [-0.25, -0.2) is 4.99 Å². The summed E-state index contributed by atoms with van der Waals surface area (Å²) in [5, 5.41) is 16.1. The van der Waals surface area contributed by atoms with Gasteiger partial charge in [0, 0.05) is 38.1 Å². The van der Waals surface area contributed by atoms with E-state index < -0.39 is 0 Å². The summed E-state index contributed by atoms with van der Waals surface area (Å²) in [6, 6.07) is 83.4. The van der Waals surface area contributed by atoms with E-state index in [0.717, 1.165) is 66.4 Å². The highest BCUT2D eigenvalue weighted by molar-refractivity contribution is 6.17. The summed E-state index contributed by atoms with van der Waals surface area (Å²) >= 11 is 0. The third-order valence-corrected chi connectivity index (χ3v) is 12.6. The van der Waals surface area contributed by atoms with Crippen molar-refractivity contribution in [2.75, 3.05) is 5.43 Å². The molecule has 0 spiro atoms. The van der Waals surface area contributed by atoms with Crippen LogP contribution in [0.1, 0.15) is 11.1 Å². The molecule has 0 amide bonds. The van der Waals surface area contributed by atoms with Crippen molar-refractivity contribution in [3.8, 4) is 39.1 Å². The highest BCUT2D eigenvalue weighted by atomic mass is 15.4. The maximum absolute atomic E-state index is 9.02. The third-order valence-electron chi connectivity index (χ3n) is 12.6. The lowest BCUT2D eigenvalue weighted by molar-refractivity contribution is 1.08. The molecule has 2 N–H and O–H groups in total. The lowest BCUT2D eigenvalue weighted by Gasteiger charge is -2.15. The minimum atomic E-state index is 0.180. The zero-order valence-electron chi connectivity index (χ0n) is 35.4. The van der Waals surface area contributed by atoms with E-state index >= 15 is 0 Å². The molecule has 12 aromatic rings. The Kier molecular flexibility index (Phi) is 9.24. The van der Waals surface area contributed by atoms with Crippen LogP contribution in [0.25, 0.3) is 93.5 Å². The van der Waals surface area contributed by atoms with Crippen molar-refractivity contribution in [3.05, 3.63) is 248 Å². The van der Waals surface area contributed by atoms with Crippen molar-refractivity contribution in [1.29, 1.82) is 5.41 Å². The van der Waals surface area contributed by atoms with Crippen LogP contribution in [0.2, 0.25) is 0 Å². The van der Waals surface area contributed by atoms with E-state index in [1.165, 1.54) is 38.2 Å². The normalized spacial score (nSPS) is 11.8. The molecule has 0 aliphatic rings. The van der Waals surface area contributed by atoms with E-state index in [2.05, 4.69) is 191 Å². The van der Waals surface area contributed by atoms with Gasteiger partial charge in [0.15, 0.2) is 11.7 Å². The van der Waals surface area contributed by atoms with Crippen LogP contribution in [0, 0.1) is 5.41 Å². The Morgan fingerprint density at radius 3 is 1.31 bits per heavy atom. The number of hydrogen-bond donors (Lipinski definition) is 2. The Balaban J connectivity index is 1.05. The number of hydrogen-bond acceptors (Lipinski definition) is 1. The number of benzene rings is 10. The average molecular weight is 832 g/mol. The van der Waals surface area contributed by atoms with E-state index in [9.17, 15) is 0 Å². The minimum Gasteiger partial charge on any atom is -0.309 e. The van der Waals surface area contributed by atoms with Crippen molar-refractivity contribution >= 4 is 66.1 Å². The summed E-state index contributed by atoms with van der Waals surface area (Å²) in [6.07, 6.45) is 0. The second-order valence-electron chi connectivity index (χ2n) is 16.5. The van der Waals surface area contributed by atoms with Gasteiger partial charge in [-0.2, -0.15) is 0 Å². The molecule has 12 rings (SSSR count). The van der Waals surface area contributed by atoms with Gasteiger partial charge in [0.2, 0.25) is 0 Å². The zero-order valence-corrected chi connectivity index (χ0v) is 35.4. The second kappa shape index (κ2) is 15.8. The van der Waals surface area contributed by atoms with Gasteiger partial charge in [-0.05, 0) is 93.4 Å². The molecule has 2 heterocycles. The summed E-state index contributed by atoms with van der Waals surface area (Å²) < 4.78 is 4.56. The summed E-state index contributed by atoms with van der Waals surface area (Å²) in [6.45, 7) is 0. The van der Waals surface area contributed by atoms with Gasteiger partial charge in [-0.15, -0.1) is 0 Å². The molecular formula is C60H41N5. The molecule has 0 saturated heterocycles. The van der Waals surface area contributed by atoms with E-state index in [-0.39, 0.29) is 5.84 Å². The standard InChI is InChI=1S/C60H41N5/c61-59(43-21-9-3-10-22-43)62-60(44-23-11-4-12-24-44)63-65-57-34-30-46(41-18-7-2-8-19-41)37-52(57)53-39-48(31-35-58(53)65)47-29-33-56-51(38-47)50-36-45(40-16-5-1-6-17-40)28-32-55(50)64(56)54-27-15-25-42-20-13-14-26-49(42)54/h1-39H,(H2,61,62,63). The van der Waals surface area contributed by atoms with Crippen LogP contribution in [0.5, 0.6) is 0 Å². The van der Waals surface area contributed by atoms with Crippen LogP contribution in [-0.2, 0) is 0 Å². The molecule has 0 fully saturated rings. The van der Waals surface area contributed by atoms with Crippen molar-refractivity contribution in [2.45, 2.75) is 0 Å². The van der Waals surface area contributed by atoms with Gasteiger partial charge >= 0.3 is 0 Å². The topological polar surface area (TPSA) is 58.1 Å². The van der Waals surface area contributed by atoms with Gasteiger partial charge in [0.1, 0.15) is 0 Å². The van der Waals surface area contributed by atoms with E-state index in [4.69, 9.17) is 10.4 Å². The number of nitrogens with zero attached hydrogens (tertiary/aromatic N) is 3. The molecule has 5 nitrogen and oxygen atoms in total. The largest absolute Gasteiger partial charge is 0.309 e. The van der Waals surface area contributed by atoms with Crippen molar-refractivity contribution in [1.82, 2.24) is 9.24 Å². The molecule has 306 valence electrons. The Morgan fingerprint density at radius 2 is 0.769 bits per heavy atom. The van der Waals surface area contributed by atoms with Crippen LogP contribution in [0.15, 0.2) is 242 Å². The lowest BCUT2D eigenvalue weighted by Crippen LogP contribution is -2.25. The molecule has 0 radical (unpaired) electrons. The Hall–Kier alpha value is -8.80. The fourth-order valence-corrected chi connectivity index (χ4v) is 9.44. The quantitative estimate of drug-likeness (QED) is 0.122. The Morgan fingerprint density at radius 1 is 0.354 bits per heavy atom. The Labute approximate surface area is 376 Å². The van der Waals surface area contributed by atoms with E-state index in [0.29, 0.717) is 5.84 Å². The molecule has 0 aliphatic heterocycles. The van der Waals surface area contributed by atoms with Crippen LogP contribution < -0.4 is 5.43 Å². The van der Waals surface area contributed by atoms with Crippen molar-refractivity contribution in [2.24, 2.45) is 4.99 Å². The zero-order chi connectivity index (χ0) is 43.3. The van der Waals surface area contributed by atoms with Gasteiger partial charge < -0.3 is 4.57 Å². The molecule has 65 heavy (non-hydrogen) atoms. The van der Waals surface area contributed by atoms with Gasteiger partial charge in [0.25, 0.3) is 0 Å². The molecule has 0 unspecified atom stereocenters. The maximum Gasteiger partial charge on any atom is 0.154 e. The second-order valence-corrected chi connectivity index (χ2v) is 16.5. The summed E-state index contributed by atoms with van der Waals surface area (Å²) in [7, 11) is 0. The highest BCUT2D eigenvalue weighted by Gasteiger charge is 2.19. The van der Waals surface area contributed by atoms with Crippen molar-refractivity contribution < 1.29 is 0 Å². The Bertz CT molecular complexity index is 3790. The highest BCUT2D eigenvalue weighted by Crippen LogP contribution is 2.40. The van der Waals surface area contributed by atoms with Crippen LogP contribution in [-0.4, -0.2) is 20.9 Å². The smallest absolute Gasteiger partial charge is 0.154 e. The third kappa shape index (κ3) is 6.74. The average Bonchev–Trinajstić information content (AvgIpc) is 3.87. The van der Waals surface area contributed by atoms with Crippen molar-refractivity contribution in [3.63, 3.8) is 0 Å². The molecule has 10 aromatic carbocycles. The minimum absolute atomic E-state index is 0.180. The molecule has 0 atom stereocenters. The SMILES string of the molecule is N=C(N=C(Nn1c2ccc(-c3ccccc3)cc2c2cc(-c3ccc4c(c3)c3cc(-c5ccccc5)ccc3n4-c3cccc4ccccc34)ccc21)c1ccccc1)c1ccccc1. The number of fused-ring (bicyclic) bond motifs is 7. The fourth-order valence-electron chi connectivity index (χ4n) is 9.44. The molecule has 0 saturated carbocycles. The van der Waals surface area contributed by atoms with E-state index in [1.54, 1.807) is 0 Å². The van der Waals surface area contributed by atoms with Crippen LogP contribution in [0.3, 0.4) is 0 Å². The predicted molar refractivity (Wildman–Crippen MR) is 273 cm³/mol. The first-order valence-corrected chi connectivity index (χ1v) is 22.0. The van der Waals surface area contributed by atoms with Gasteiger partial charge in [0.05, 0.1) is 27.8 Å². The molecule has 5 heteroatoms. The summed E-state index contributed by atoms with van der Waals surface area (Å²) in [5.41, 5.74) is 17.8. The van der Waals surface area contributed by atoms with Gasteiger partial charge in [-0.1, -0.05) is 182 Å². The summed E-state index contributed by atoms with van der Waals surface area (Å²) in [4.78, 5) is 4.92. The molecule has 2 aromatic heterocycles. The predicted octanol–water partition coefficient (Wildman–Crippen LogP) is 15.1. The number of rotatable bonds is 7. The number of aliphatic imine (C=N–C) groups is 1. The molecular weight excluding hydrogens is 791 g/mol.